The number of aliphatic carboxylic acids is 1. The van der Waals surface area contributed by atoms with Crippen LogP contribution in [0.4, 0.5) is 0 Å². The van der Waals surface area contributed by atoms with Crippen LogP contribution in [0.1, 0.15) is 21.6 Å². The lowest BCUT2D eigenvalue weighted by molar-refractivity contribution is -0.137. The number of hydrogen-bond donors (Lipinski definition) is 1. The summed E-state index contributed by atoms with van der Waals surface area (Å²) in [6.45, 7) is 5.12. The normalized spacial score (nSPS) is 11.0. The van der Waals surface area contributed by atoms with Gasteiger partial charge in [0, 0.05) is 42.9 Å². The zero-order valence-corrected chi connectivity index (χ0v) is 13.9. The highest BCUT2D eigenvalue weighted by atomic mass is 16.5. The number of aryl methyl sites for hydroxylation is 1. The molecule has 1 amide bonds. The summed E-state index contributed by atoms with van der Waals surface area (Å²) in [5, 5.41) is 9.82. The first kappa shape index (κ1) is 17.0. The van der Waals surface area contributed by atoms with E-state index in [4.69, 9.17) is 9.84 Å². The number of carbonyl (C=O) groups is 2. The summed E-state index contributed by atoms with van der Waals surface area (Å²) in [5.41, 5.74) is 3.80. The molecule has 2 aromatic rings. The van der Waals surface area contributed by atoms with Crippen LogP contribution < -0.4 is 0 Å². The van der Waals surface area contributed by atoms with Gasteiger partial charge in [0.1, 0.15) is 6.54 Å². The Hall–Kier alpha value is -2.34. The van der Waals surface area contributed by atoms with Crippen molar-refractivity contribution >= 4 is 22.8 Å². The molecule has 0 atom stereocenters. The average Bonchev–Trinajstić information content (AvgIpc) is 2.75. The monoisotopic (exact) mass is 318 g/mol. The van der Waals surface area contributed by atoms with Gasteiger partial charge in [0.15, 0.2) is 0 Å². The number of rotatable bonds is 6. The highest BCUT2D eigenvalue weighted by Gasteiger charge is 2.17. The summed E-state index contributed by atoms with van der Waals surface area (Å²) in [6.07, 6.45) is 0. The number of carbonyl (C=O) groups excluding carboxylic acids is 1. The van der Waals surface area contributed by atoms with E-state index in [-0.39, 0.29) is 12.5 Å². The van der Waals surface area contributed by atoms with Gasteiger partial charge in [-0.15, -0.1) is 0 Å². The number of fused-ring (bicyclic) bond motifs is 1. The lowest BCUT2D eigenvalue weighted by Crippen LogP contribution is -2.31. The molecule has 0 aliphatic heterocycles. The molecule has 1 heterocycles. The van der Waals surface area contributed by atoms with Crippen LogP contribution in [0.25, 0.3) is 10.9 Å². The average molecular weight is 318 g/mol. The summed E-state index contributed by atoms with van der Waals surface area (Å²) in [5.74, 6) is -1.32. The zero-order valence-electron chi connectivity index (χ0n) is 13.9. The van der Waals surface area contributed by atoms with E-state index < -0.39 is 5.97 Å². The molecule has 0 radical (unpaired) electrons. The topological polar surface area (TPSA) is 71.8 Å². The number of benzene rings is 1. The molecule has 23 heavy (non-hydrogen) atoms. The molecule has 0 aliphatic rings. The molecule has 0 saturated carbocycles. The lowest BCUT2D eigenvalue weighted by Gasteiger charge is -2.14. The lowest BCUT2D eigenvalue weighted by atomic mass is 10.1. The van der Waals surface area contributed by atoms with E-state index in [9.17, 15) is 9.59 Å². The van der Waals surface area contributed by atoms with E-state index in [1.54, 1.807) is 13.2 Å². The first-order valence-electron chi connectivity index (χ1n) is 7.42. The van der Waals surface area contributed by atoms with Gasteiger partial charge in [0.05, 0.1) is 6.61 Å². The van der Waals surface area contributed by atoms with Crippen LogP contribution in [0.2, 0.25) is 0 Å². The first-order valence-corrected chi connectivity index (χ1v) is 7.42. The van der Waals surface area contributed by atoms with Crippen molar-refractivity contribution in [3.63, 3.8) is 0 Å². The van der Waals surface area contributed by atoms with Crippen LogP contribution in [-0.4, -0.2) is 53.8 Å². The molecule has 2 rings (SSSR count). The smallest absolute Gasteiger partial charge is 0.323 e. The molecule has 0 fully saturated rings. The fraction of sp³-hybridized carbons (Fsp3) is 0.412. The Morgan fingerprint density at radius 1 is 1.30 bits per heavy atom. The first-order chi connectivity index (χ1) is 10.9. The second-order valence-electron chi connectivity index (χ2n) is 5.64. The third-order valence-electron chi connectivity index (χ3n) is 4.12. The molecule has 0 unspecified atom stereocenters. The number of hydrogen-bond acceptors (Lipinski definition) is 3. The second-order valence-corrected chi connectivity index (χ2v) is 5.64. The summed E-state index contributed by atoms with van der Waals surface area (Å²) in [7, 11) is 3.16. The molecule has 0 aliphatic carbocycles. The number of amides is 1. The molecule has 1 aromatic heterocycles. The number of nitrogens with zero attached hydrogens (tertiary/aromatic N) is 2. The van der Waals surface area contributed by atoms with E-state index in [1.807, 2.05) is 26.0 Å². The Bertz CT molecular complexity index is 749. The predicted octanol–water partition coefficient (Wildman–Crippen LogP) is 2.06. The largest absolute Gasteiger partial charge is 0.480 e. The minimum absolute atomic E-state index is 0.295. The molecule has 0 bridgehead atoms. The van der Waals surface area contributed by atoms with Gasteiger partial charge in [0.2, 0.25) is 0 Å². The third kappa shape index (κ3) is 3.37. The number of carboxylic acids is 1. The quantitative estimate of drug-likeness (QED) is 0.885. The Morgan fingerprint density at radius 2 is 2.00 bits per heavy atom. The van der Waals surface area contributed by atoms with Crippen molar-refractivity contribution in [2.75, 3.05) is 27.3 Å². The van der Waals surface area contributed by atoms with Crippen molar-refractivity contribution in [3.8, 4) is 0 Å². The zero-order chi connectivity index (χ0) is 17.1. The highest BCUT2D eigenvalue weighted by molar-refractivity contribution is 6.00. The predicted molar refractivity (Wildman–Crippen MR) is 87.9 cm³/mol. The van der Waals surface area contributed by atoms with Crippen molar-refractivity contribution in [2.24, 2.45) is 0 Å². The van der Waals surface area contributed by atoms with Crippen LogP contribution in [0.5, 0.6) is 0 Å². The molecule has 1 N–H and O–H groups in total. The number of methoxy groups -OCH3 is 1. The van der Waals surface area contributed by atoms with Gasteiger partial charge in [-0.25, -0.2) is 0 Å². The molecule has 124 valence electrons. The summed E-state index contributed by atoms with van der Waals surface area (Å²) in [4.78, 5) is 24.3. The maximum Gasteiger partial charge on any atom is 0.323 e. The number of likely N-dealkylation sites (N-methyl/N-ethyl adjacent to an activating group) is 1. The minimum atomic E-state index is -1.03. The second kappa shape index (κ2) is 6.83. The third-order valence-corrected chi connectivity index (χ3v) is 4.12. The van der Waals surface area contributed by atoms with Gasteiger partial charge in [-0.05, 0) is 37.6 Å². The summed E-state index contributed by atoms with van der Waals surface area (Å²) < 4.78 is 7.32. The summed E-state index contributed by atoms with van der Waals surface area (Å²) >= 11 is 0. The Labute approximate surface area is 135 Å². The molecule has 1 aromatic carbocycles. The molecule has 6 heteroatoms. The van der Waals surface area contributed by atoms with Crippen LogP contribution in [0.15, 0.2) is 18.2 Å². The molecular weight excluding hydrogens is 296 g/mol. The van der Waals surface area contributed by atoms with Crippen LogP contribution >= 0.6 is 0 Å². The fourth-order valence-corrected chi connectivity index (χ4v) is 2.75. The molecule has 6 nitrogen and oxygen atoms in total. The molecule has 0 spiro atoms. The van der Waals surface area contributed by atoms with Crippen molar-refractivity contribution < 1.29 is 19.4 Å². The highest BCUT2D eigenvalue weighted by Crippen LogP contribution is 2.26. The maximum absolute atomic E-state index is 12.3. The van der Waals surface area contributed by atoms with E-state index in [1.165, 1.54) is 11.9 Å². The van der Waals surface area contributed by atoms with E-state index >= 15 is 0 Å². The maximum atomic E-state index is 12.3. The van der Waals surface area contributed by atoms with Crippen molar-refractivity contribution in [1.82, 2.24) is 9.47 Å². The van der Waals surface area contributed by atoms with Crippen molar-refractivity contribution in [2.45, 2.75) is 20.4 Å². The van der Waals surface area contributed by atoms with Gasteiger partial charge in [-0.1, -0.05) is 0 Å². The van der Waals surface area contributed by atoms with Gasteiger partial charge >= 0.3 is 5.97 Å². The minimum Gasteiger partial charge on any atom is -0.480 e. The van der Waals surface area contributed by atoms with Gasteiger partial charge in [-0.2, -0.15) is 0 Å². The van der Waals surface area contributed by atoms with E-state index in [0.29, 0.717) is 12.2 Å². The Kier molecular flexibility index (Phi) is 5.05. The van der Waals surface area contributed by atoms with Crippen molar-refractivity contribution in [1.29, 1.82) is 0 Å². The van der Waals surface area contributed by atoms with Crippen LogP contribution in [-0.2, 0) is 16.1 Å². The van der Waals surface area contributed by atoms with Crippen molar-refractivity contribution in [3.05, 3.63) is 35.0 Å². The number of carboxylic acid groups (broad SMARTS) is 1. The number of ether oxygens (including phenoxy) is 1. The van der Waals surface area contributed by atoms with E-state index in [2.05, 4.69) is 4.57 Å². The number of aromatic nitrogens is 1. The SMILES string of the molecule is COCCn1c(C)c(C)c2cc(C(=O)N(C)CC(=O)O)ccc21. The van der Waals surface area contributed by atoms with Crippen LogP contribution in [0, 0.1) is 13.8 Å². The summed E-state index contributed by atoms with van der Waals surface area (Å²) in [6, 6.07) is 5.49. The molecular formula is C17H22N2O4. The standard InChI is InChI=1S/C17H22N2O4/c1-11-12(2)19(7-8-23-4)15-6-5-13(9-14(11)15)17(22)18(3)10-16(20)21/h5-6,9H,7-8,10H2,1-4H3,(H,20,21). The Balaban J connectivity index is 2.41. The molecule has 0 saturated heterocycles. The van der Waals surface area contributed by atoms with Crippen LogP contribution in [0.3, 0.4) is 0 Å². The van der Waals surface area contributed by atoms with Gasteiger partial charge in [0.25, 0.3) is 5.91 Å². The van der Waals surface area contributed by atoms with Gasteiger partial charge in [-0.3, -0.25) is 9.59 Å². The Morgan fingerprint density at radius 3 is 2.61 bits per heavy atom. The van der Waals surface area contributed by atoms with E-state index in [0.717, 1.165) is 28.7 Å². The van der Waals surface area contributed by atoms with Gasteiger partial charge < -0.3 is 19.3 Å². The fourth-order valence-electron chi connectivity index (χ4n) is 2.75.